The van der Waals surface area contributed by atoms with Gasteiger partial charge in [-0.3, -0.25) is 4.98 Å². The molecule has 18 heavy (non-hydrogen) atoms. The summed E-state index contributed by atoms with van der Waals surface area (Å²) in [5.41, 5.74) is 3.10. The summed E-state index contributed by atoms with van der Waals surface area (Å²) >= 11 is 6.16. The highest BCUT2D eigenvalue weighted by atomic mass is 35.5. The number of nitrogens with one attached hydrogen (secondary N) is 2. The Balaban J connectivity index is 1.94. The van der Waals surface area contributed by atoms with Gasteiger partial charge >= 0.3 is 0 Å². The zero-order valence-corrected chi connectivity index (χ0v) is 10.4. The van der Waals surface area contributed by atoms with Gasteiger partial charge in [-0.1, -0.05) is 11.6 Å². The van der Waals surface area contributed by atoms with E-state index in [2.05, 4.69) is 15.3 Å². The summed E-state index contributed by atoms with van der Waals surface area (Å²) in [4.78, 5) is 7.42. The molecule has 90 valence electrons. The summed E-state index contributed by atoms with van der Waals surface area (Å²) in [7, 11) is 0. The number of anilines is 1. The number of pyridine rings is 1. The minimum atomic E-state index is 0.727. The molecule has 0 aliphatic rings. The first kappa shape index (κ1) is 11.1. The van der Waals surface area contributed by atoms with Gasteiger partial charge in [0, 0.05) is 30.5 Å². The molecular formula is C14H12ClN3. The van der Waals surface area contributed by atoms with Crippen LogP contribution in [0.1, 0.15) is 5.56 Å². The average molecular weight is 258 g/mol. The number of aromatic amines is 1. The van der Waals surface area contributed by atoms with Crippen molar-refractivity contribution in [2.45, 2.75) is 6.54 Å². The lowest BCUT2D eigenvalue weighted by molar-refractivity contribution is 1.15. The van der Waals surface area contributed by atoms with Crippen molar-refractivity contribution in [1.29, 1.82) is 0 Å². The molecule has 0 atom stereocenters. The van der Waals surface area contributed by atoms with E-state index in [0.29, 0.717) is 0 Å². The fraction of sp³-hybridized carbons (Fsp3) is 0.0714. The van der Waals surface area contributed by atoms with Crippen molar-refractivity contribution in [3.63, 3.8) is 0 Å². The van der Waals surface area contributed by atoms with Crippen LogP contribution in [0.5, 0.6) is 0 Å². The quantitative estimate of drug-likeness (QED) is 0.749. The van der Waals surface area contributed by atoms with E-state index in [4.69, 9.17) is 11.6 Å². The molecule has 3 nitrogen and oxygen atoms in total. The molecular weight excluding hydrogens is 246 g/mol. The first-order chi connectivity index (χ1) is 8.84. The number of aromatic nitrogens is 2. The molecule has 0 aliphatic heterocycles. The minimum absolute atomic E-state index is 0.727. The number of fused-ring (bicyclic) bond motifs is 1. The van der Waals surface area contributed by atoms with Gasteiger partial charge in [0.1, 0.15) is 0 Å². The Bertz CT molecular complexity index is 662. The molecule has 2 N–H and O–H groups in total. The molecule has 3 rings (SSSR count). The molecule has 1 aromatic carbocycles. The SMILES string of the molecule is Clc1ccc(NCc2cc[nH]c2)c2ncccc12. The van der Waals surface area contributed by atoms with Crippen molar-refractivity contribution in [3.8, 4) is 0 Å². The number of hydrogen-bond donors (Lipinski definition) is 2. The molecule has 2 aromatic heterocycles. The molecule has 0 amide bonds. The van der Waals surface area contributed by atoms with Crippen LogP contribution in [0.4, 0.5) is 5.69 Å². The van der Waals surface area contributed by atoms with Crippen molar-refractivity contribution in [2.75, 3.05) is 5.32 Å². The molecule has 0 saturated carbocycles. The first-order valence-electron chi connectivity index (χ1n) is 5.73. The maximum absolute atomic E-state index is 6.16. The van der Waals surface area contributed by atoms with Crippen LogP contribution < -0.4 is 5.32 Å². The topological polar surface area (TPSA) is 40.7 Å². The molecule has 0 aliphatic carbocycles. The van der Waals surface area contributed by atoms with Crippen LogP contribution in [0.15, 0.2) is 48.9 Å². The largest absolute Gasteiger partial charge is 0.379 e. The second kappa shape index (κ2) is 4.70. The van der Waals surface area contributed by atoms with E-state index >= 15 is 0 Å². The van der Waals surface area contributed by atoms with E-state index in [1.807, 2.05) is 42.7 Å². The zero-order valence-electron chi connectivity index (χ0n) is 9.65. The highest BCUT2D eigenvalue weighted by molar-refractivity contribution is 6.35. The number of nitrogens with zero attached hydrogens (tertiary/aromatic N) is 1. The zero-order chi connectivity index (χ0) is 12.4. The molecule has 2 heterocycles. The Hall–Kier alpha value is -2.00. The van der Waals surface area contributed by atoms with Crippen LogP contribution in [0, 0.1) is 0 Å². The maximum Gasteiger partial charge on any atom is 0.0948 e. The van der Waals surface area contributed by atoms with Crippen molar-refractivity contribution < 1.29 is 0 Å². The Morgan fingerprint density at radius 3 is 3.00 bits per heavy atom. The van der Waals surface area contributed by atoms with E-state index in [9.17, 15) is 0 Å². The van der Waals surface area contributed by atoms with E-state index in [1.54, 1.807) is 6.20 Å². The van der Waals surface area contributed by atoms with Crippen LogP contribution in [0.2, 0.25) is 5.02 Å². The summed E-state index contributed by atoms with van der Waals surface area (Å²) in [6.45, 7) is 0.761. The van der Waals surface area contributed by atoms with Crippen LogP contribution in [-0.4, -0.2) is 9.97 Å². The van der Waals surface area contributed by atoms with Crippen molar-refractivity contribution >= 4 is 28.2 Å². The third-order valence-corrected chi connectivity index (χ3v) is 3.19. The smallest absolute Gasteiger partial charge is 0.0948 e. The predicted molar refractivity (Wildman–Crippen MR) is 74.9 cm³/mol. The molecule has 3 aromatic rings. The number of benzene rings is 1. The van der Waals surface area contributed by atoms with Gasteiger partial charge in [-0.15, -0.1) is 0 Å². The first-order valence-corrected chi connectivity index (χ1v) is 6.11. The Morgan fingerprint density at radius 1 is 1.22 bits per heavy atom. The van der Waals surface area contributed by atoms with Gasteiger partial charge in [0.05, 0.1) is 16.2 Å². The standard InChI is InChI=1S/C14H12ClN3/c15-12-3-4-13(14-11(12)2-1-6-17-14)18-9-10-5-7-16-8-10/h1-8,16,18H,9H2. The van der Waals surface area contributed by atoms with Crippen LogP contribution in [0.3, 0.4) is 0 Å². The van der Waals surface area contributed by atoms with Gasteiger partial charge in [0.2, 0.25) is 0 Å². The predicted octanol–water partition coefficient (Wildman–Crippen LogP) is 3.83. The lowest BCUT2D eigenvalue weighted by Gasteiger charge is -2.09. The summed E-state index contributed by atoms with van der Waals surface area (Å²) in [5, 5.41) is 5.07. The summed E-state index contributed by atoms with van der Waals surface area (Å²) < 4.78 is 0. The maximum atomic E-state index is 6.16. The van der Waals surface area contributed by atoms with E-state index in [1.165, 1.54) is 5.56 Å². The minimum Gasteiger partial charge on any atom is -0.379 e. The van der Waals surface area contributed by atoms with E-state index in [-0.39, 0.29) is 0 Å². The van der Waals surface area contributed by atoms with Gasteiger partial charge in [-0.25, -0.2) is 0 Å². The fourth-order valence-electron chi connectivity index (χ4n) is 1.95. The Kier molecular flexibility index (Phi) is 2.90. The monoisotopic (exact) mass is 257 g/mol. The second-order valence-corrected chi connectivity index (χ2v) is 4.47. The molecule has 0 fully saturated rings. The second-order valence-electron chi connectivity index (χ2n) is 4.07. The number of halogens is 1. The van der Waals surface area contributed by atoms with Gasteiger partial charge in [-0.05, 0) is 35.9 Å². The van der Waals surface area contributed by atoms with Crippen molar-refractivity contribution in [2.24, 2.45) is 0 Å². The Morgan fingerprint density at radius 2 is 2.17 bits per heavy atom. The molecule has 0 spiro atoms. The van der Waals surface area contributed by atoms with Gasteiger partial charge < -0.3 is 10.3 Å². The third kappa shape index (κ3) is 2.05. The van der Waals surface area contributed by atoms with Gasteiger partial charge in [-0.2, -0.15) is 0 Å². The molecule has 4 heteroatoms. The summed E-state index contributed by atoms with van der Waals surface area (Å²) in [5.74, 6) is 0. The normalized spacial score (nSPS) is 10.7. The molecule has 0 bridgehead atoms. The molecule has 0 radical (unpaired) electrons. The third-order valence-electron chi connectivity index (χ3n) is 2.86. The van der Waals surface area contributed by atoms with Gasteiger partial charge in [0.25, 0.3) is 0 Å². The lowest BCUT2D eigenvalue weighted by atomic mass is 10.2. The van der Waals surface area contributed by atoms with Crippen LogP contribution >= 0.6 is 11.6 Å². The highest BCUT2D eigenvalue weighted by Gasteiger charge is 2.05. The molecule has 0 saturated heterocycles. The number of H-pyrrole nitrogens is 1. The molecule has 0 unspecified atom stereocenters. The summed E-state index contributed by atoms with van der Waals surface area (Å²) in [6.07, 6.45) is 5.66. The lowest BCUT2D eigenvalue weighted by Crippen LogP contribution is -1.99. The number of hydrogen-bond acceptors (Lipinski definition) is 2. The van der Waals surface area contributed by atoms with E-state index < -0.39 is 0 Å². The van der Waals surface area contributed by atoms with E-state index in [0.717, 1.165) is 28.2 Å². The van der Waals surface area contributed by atoms with Crippen molar-refractivity contribution in [3.05, 3.63) is 59.5 Å². The average Bonchev–Trinajstić information content (AvgIpc) is 2.92. The van der Waals surface area contributed by atoms with Crippen LogP contribution in [-0.2, 0) is 6.54 Å². The fourth-order valence-corrected chi connectivity index (χ4v) is 2.16. The highest BCUT2D eigenvalue weighted by Crippen LogP contribution is 2.28. The van der Waals surface area contributed by atoms with Gasteiger partial charge in [0.15, 0.2) is 0 Å². The van der Waals surface area contributed by atoms with Crippen molar-refractivity contribution in [1.82, 2.24) is 9.97 Å². The Labute approximate surface area is 110 Å². The van der Waals surface area contributed by atoms with Crippen LogP contribution in [0.25, 0.3) is 10.9 Å². The summed E-state index contributed by atoms with van der Waals surface area (Å²) in [6, 6.07) is 9.77. The number of rotatable bonds is 3.